The minimum Gasteiger partial charge on any atom is -0.389 e. The van der Waals surface area contributed by atoms with Gasteiger partial charge < -0.3 is 15.3 Å². The van der Waals surface area contributed by atoms with Gasteiger partial charge in [-0.3, -0.25) is 0 Å². The van der Waals surface area contributed by atoms with Crippen molar-refractivity contribution in [2.75, 3.05) is 25.0 Å². The first-order valence-electron chi connectivity index (χ1n) is 8.36. The van der Waals surface area contributed by atoms with E-state index in [-0.39, 0.29) is 19.0 Å². The molecular formula is C19H21ClF4N2O. The summed E-state index contributed by atoms with van der Waals surface area (Å²) >= 11 is 0. The minimum atomic E-state index is -4.39. The number of halogens is 5. The molecule has 8 heteroatoms. The average Bonchev–Trinajstić information content (AvgIpc) is 2.98. The Hall–Kier alpha value is -1.83. The van der Waals surface area contributed by atoms with Crippen molar-refractivity contribution < 1.29 is 22.7 Å². The molecule has 0 bridgehead atoms. The predicted octanol–water partition coefficient (Wildman–Crippen LogP) is 3.95. The van der Waals surface area contributed by atoms with Crippen molar-refractivity contribution >= 4 is 18.1 Å². The highest BCUT2D eigenvalue weighted by atomic mass is 35.5. The largest absolute Gasteiger partial charge is 0.416 e. The lowest BCUT2D eigenvalue weighted by atomic mass is 9.98. The van der Waals surface area contributed by atoms with Crippen LogP contribution in [0.1, 0.15) is 22.7 Å². The number of nitrogens with one attached hydrogen (secondary N) is 1. The van der Waals surface area contributed by atoms with E-state index in [1.165, 1.54) is 18.2 Å². The second-order valence-electron chi connectivity index (χ2n) is 6.41. The van der Waals surface area contributed by atoms with Crippen LogP contribution in [0.15, 0.2) is 42.5 Å². The molecular weight excluding hydrogens is 384 g/mol. The maximum atomic E-state index is 13.7. The summed E-state index contributed by atoms with van der Waals surface area (Å²) in [6.45, 7) is 0.728. The zero-order chi connectivity index (χ0) is 18.9. The number of hydrogen-bond donors (Lipinski definition) is 2. The van der Waals surface area contributed by atoms with E-state index in [0.29, 0.717) is 29.8 Å². The third-order valence-electron chi connectivity index (χ3n) is 4.64. The highest BCUT2D eigenvalue weighted by molar-refractivity contribution is 5.85. The Kier molecular flexibility index (Phi) is 6.72. The first kappa shape index (κ1) is 21.5. The first-order valence-corrected chi connectivity index (χ1v) is 8.36. The Labute approximate surface area is 161 Å². The molecule has 3 nitrogen and oxygen atoms in total. The molecule has 0 spiro atoms. The van der Waals surface area contributed by atoms with Crippen molar-refractivity contribution in [3.63, 3.8) is 0 Å². The number of anilines is 1. The van der Waals surface area contributed by atoms with E-state index >= 15 is 0 Å². The first-order chi connectivity index (χ1) is 12.3. The van der Waals surface area contributed by atoms with Crippen molar-refractivity contribution in [1.82, 2.24) is 5.32 Å². The molecule has 0 saturated heterocycles. The molecule has 0 radical (unpaired) electrons. The van der Waals surface area contributed by atoms with E-state index in [2.05, 4.69) is 5.32 Å². The number of aliphatic hydroxyl groups excluding tert-OH is 1. The van der Waals surface area contributed by atoms with Crippen molar-refractivity contribution in [2.24, 2.45) is 0 Å². The molecule has 3 rings (SSSR count). The van der Waals surface area contributed by atoms with Crippen LogP contribution >= 0.6 is 12.4 Å². The zero-order valence-corrected chi connectivity index (χ0v) is 15.4. The summed E-state index contributed by atoms with van der Waals surface area (Å²) < 4.78 is 52.5. The van der Waals surface area contributed by atoms with E-state index in [4.69, 9.17) is 0 Å². The van der Waals surface area contributed by atoms with Crippen LogP contribution in [0.5, 0.6) is 0 Å². The van der Waals surface area contributed by atoms with E-state index in [1.807, 2.05) is 4.90 Å². The highest BCUT2D eigenvalue weighted by Gasteiger charge is 2.35. The normalized spacial score (nSPS) is 15.9. The van der Waals surface area contributed by atoms with Crippen LogP contribution in [-0.4, -0.2) is 31.3 Å². The third kappa shape index (κ3) is 4.54. The predicted molar refractivity (Wildman–Crippen MR) is 98.8 cm³/mol. The number of nitrogens with zero attached hydrogens (tertiary/aromatic N) is 1. The number of aliphatic hydroxyl groups is 1. The summed E-state index contributed by atoms with van der Waals surface area (Å²) in [5, 5.41) is 13.5. The van der Waals surface area contributed by atoms with Gasteiger partial charge >= 0.3 is 6.18 Å². The third-order valence-corrected chi connectivity index (χ3v) is 4.64. The molecule has 0 aliphatic carbocycles. The van der Waals surface area contributed by atoms with Gasteiger partial charge in [-0.1, -0.05) is 12.1 Å². The second-order valence-corrected chi connectivity index (χ2v) is 6.41. The van der Waals surface area contributed by atoms with E-state index in [1.54, 1.807) is 19.2 Å². The van der Waals surface area contributed by atoms with Gasteiger partial charge in [-0.05, 0) is 54.9 Å². The van der Waals surface area contributed by atoms with Gasteiger partial charge in [0.1, 0.15) is 5.82 Å². The van der Waals surface area contributed by atoms with E-state index in [0.717, 1.165) is 12.1 Å². The fourth-order valence-corrected chi connectivity index (χ4v) is 3.51. The molecule has 2 aromatic carbocycles. The fourth-order valence-electron chi connectivity index (χ4n) is 3.51. The van der Waals surface area contributed by atoms with Crippen molar-refractivity contribution in [3.05, 3.63) is 65.0 Å². The Morgan fingerprint density at radius 1 is 1.19 bits per heavy atom. The minimum absolute atomic E-state index is 0. The van der Waals surface area contributed by atoms with Gasteiger partial charge in [0.25, 0.3) is 0 Å². The molecule has 0 saturated carbocycles. The smallest absolute Gasteiger partial charge is 0.389 e. The van der Waals surface area contributed by atoms with Gasteiger partial charge in [-0.25, -0.2) is 4.39 Å². The zero-order valence-electron chi connectivity index (χ0n) is 14.6. The molecule has 27 heavy (non-hydrogen) atoms. The molecule has 1 aliphatic heterocycles. The molecule has 2 N–H and O–H groups in total. The lowest BCUT2D eigenvalue weighted by Gasteiger charge is -2.34. The highest BCUT2D eigenvalue weighted by Crippen LogP contribution is 2.40. The number of hydrogen-bond acceptors (Lipinski definition) is 3. The maximum Gasteiger partial charge on any atom is 0.416 e. The molecule has 2 atom stereocenters. The van der Waals surface area contributed by atoms with Crippen molar-refractivity contribution in [1.29, 1.82) is 0 Å². The van der Waals surface area contributed by atoms with Crippen LogP contribution in [-0.2, 0) is 12.6 Å². The number of benzene rings is 2. The van der Waals surface area contributed by atoms with Gasteiger partial charge in [0.05, 0.1) is 17.7 Å². The van der Waals surface area contributed by atoms with Gasteiger partial charge in [-0.2, -0.15) is 13.2 Å². The molecule has 148 valence electrons. The van der Waals surface area contributed by atoms with Crippen LogP contribution in [0.3, 0.4) is 0 Å². The van der Waals surface area contributed by atoms with Crippen LogP contribution < -0.4 is 10.2 Å². The van der Waals surface area contributed by atoms with Crippen LogP contribution in [0, 0.1) is 5.82 Å². The van der Waals surface area contributed by atoms with Crippen LogP contribution in [0.25, 0.3) is 0 Å². The molecule has 0 amide bonds. The molecule has 0 aromatic heterocycles. The fraction of sp³-hybridized carbons (Fsp3) is 0.368. The summed E-state index contributed by atoms with van der Waals surface area (Å²) in [5.74, 6) is -0.420. The SMILES string of the molecule is CNCC(O)[C@H](c1cccc(F)c1)N1CCc2cc(C(F)(F)F)ccc21.Cl. The summed E-state index contributed by atoms with van der Waals surface area (Å²) in [4.78, 5) is 1.85. The molecule has 1 heterocycles. The van der Waals surface area contributed by atoms with E-state index < -0.39 is 29.7 Å². The summed E-state index contributed by atoms with van der Waals surface area (Å²) in [6, 6.07) is 9.03. The van der Waals surface area contributed by atoms with Crippen molar-refractivity contribution in [3.8, 4) is 0 Å². The van der Waals surface area contributed by atoms with Crippen molar-refractivity contribution in [2.45, 2.75) is 24.7 Å². The lowest BCUT2D eigenvalue weighted by Crippen LogP contribution is -2.40. The molecule has 1 aliphatic rings. The summed E-state index contributed by atoms with van der Waals surface area (Å²) in [6.07, 6.45) is -4.80. The van der Waals surface area contributed by atoms with Gasteiger partial charge in [0.2, 0.25) is 0 Å². The Bertz CT molecular complexity index is 785. The number of rotatable bonds is 5. The molecule has 1 unspecified atom stereocenters. The molecule has 0 fully saturated rings. The topological polar surface area (TPSA) is 35.5 Å². The summed E-state index contributed by atoms with van der Waals surface area (Å²) in [5.41, 5.74) is 1.12. The average molecular weight is 405 g/mol. The van der Waals surface area contributed by atoms with Gasteiger partial charge in [0.15, 0.2) is 0 Å². The Morgan fingerprint density at radius 3 is 2.56 bits per heavy atom. The lowest BCUT2D eigenvalue weighted by molar-refractivity contribution is -0.137. The number of likely N-dealkylation sites (N-methyl/N-ethyl adjacent to an activating group) is 1. The molecule has 2 aromatic rings. The van der Waals surface area contributed by atoms with Gasteiger partial charge in [-0.15, -0.1) is 12.4 Å². The standard InChI is InChI=1S/C19H20F4N2O.ClH/c1-24-11-17(26)18(13-3-2-4-15(20)10-13)25-8-7-12-9-14(19(21,22)23)5-6-16(12)25;/h2-6,9-10,17-18,24,26H,7-8,11H2,1H3;1H/t17?,18-;/m0./s1. The van der Waals surface area contributed by atoms with Crippen LogP contribution in [0.4, 0.5) is 23.2 Å². The monoisotopic (exact) mass is 404 g/mol. The second kappa shape index (κ2) is 8.46. The van der Waals surface area contributed by atoms with Gasteiger partial charge in [0, 0.05) is 18.8 Å². The summed E-state index contributed by atoms with van der Waals surface area (Å²) in [7, 11) is 1.69. The van der Waals surface area contributed by atoms with Crippen LogP contribution in [0.2, 0.25) is 0 Å². The Balaban J connectivity index is 0.00000261. The maximum absolute atomic E-state index is 13.7. The number of fused-ring (bicyclic) bond motifs is 1. The number of alkyl halides is 3. The quantitative estimate of drug-likeness (QED) is 0.741. The Morgan fingerprint density at radius 2 is 1.93 bits per heavy atom. The van der Waals surface area contributed by atoms with E-state index in [9.17, 15) is 22.7 Å².